The number of carbonyl (C=O) groups is 3. The van der Waals surface area contributed by atoms with E-state index in [-0.39, 0.29) is 25.2 Å². The second-order valence-electron chi connectivity index (χ2n) is 14.8. The highest BCUT2D eigenvalue weighted by Crippen LogP contribution is 2.13. The quantitative estimate of drug-likeness (QED) is 0.0292. The molecule has 0 radical (unpaired) electrons. The van der Waals surface area contributed by atoms with Crippen LogP contribution in [0.4, 0.5) is 4.79 Å². The number of nitrogens with zero attached hydrogens (tertiary/aromatic N) is 1. The van der Waals surface area contributed by atoms with Crippen LogP contribution in [0.25, 0.3) is 0 Å². The third-order valence-electron chi connectivity index (χ3n) is 9.24. The van der Waals surface area contributed by atoms with E-state index in [1.54, 1.807) is 0 Å². The molecule has 0 fully saturated rings. The van der Waals surface area contributed by atoms with Crippen molar-refractivity contribution in [1.29, 1.82) is 0 Å². The van der Waals surface area contributed by atoms with Gasteiger partial charge in [-0.2, -0.15) is 0 Å². The molecule has 1 amide bonds. The van der Waals surface area contributed by atoms with Gasteiger partial charge in [-0.3, -0.25) is 9.59 Å². The fraction of sp³-hybridized carbons (Fsp3) is 0.841. The molecule has 0 aliphatic rings. The van der Waals surface area contributed by atoms with Gasteiger partial charge in [0.25, 0.3) is 0 Å². The average molecular weight is 735 g/mol. The third kappa shape index (κ3) is 38.9. The number of esters is 2. The largest absolute Gasteiger partial charge is 0.462 e. The summed E-state index contributed by atoms with van der Waals surface area (Å²) in [5.74, 6) is -0.668. The van der Waals surface area contributed by atoms with Crippen molar-refractivity contribution < 1.29 is 28.6 Å². The highest BCUT2D eigenvalue weighted by Gasteiger charge is 2.19. The number of amides is 1. The summed E-state index contributed by atoms with van der Waals surface area (Å²) in [5.41, 5.74) is 0. The lowest BCUT2D eigenvalue weighted by Crippen LogP contribution is -2.36. The molecule has 0 aromatic carbocycles. The Morgan fingerprint density at radius 3 is 1.35 bits per heavy atom. The molecule has 0 spiro atoms. The molecular formula is C44H82N2O6. The van der Waals surface area contributed by atoms with Gasteiger partial charge in [0, 0.05) is 25.9 Å². The predicted molar refractivity (Wildman–Crippen MR) is 218 cm³/mol. The minimum atomic E-state index is -0.826. The summed E-state index contributed by atoms with van der Waals surface area (Å²) in [4.78, 5) is 39.1. The Hall–Kier alpha value is -2.35. The zero-order valence-corrected chi connectivity index (χ0v) is 34.4. The molecule has 1 atom stereocenters. The molecule has 1 unspecified atom stereocenters. The molecule has 8 heteroatoms. The first kappa shape index (κ1) is 49.6. The molecule has 0 aliphatic heterocycles. The molecule has 0 saturated heterocycles. The van der Waals surface area contributed by atoms with E-state index in [0.29, 0.717) is 25.9 Å². The third-order valence-corrected chi connectivity index (χ3v) is 9.24. The molecule has 0 aromatic rings. The summed E-state index contributed by atoms with van der Waals surface area (Å²) < 4.78 is 16.3. The van der Waals surface area contributed by atoms with Crippen molar-refractivity contribution in [2.45, 2.75) is 200 Å². The molecular weight excluding hydrogens is 652 g/mol. The number of nitrogens with one attached hydrogen (secondary N) is 1. The first-order valence-electron chi connectivity index (χ1n) is 21.6. The summed E-state index contributed by atoms with van der Waals surface area (Å²) in [6.45, 7) is 5.35. The Bertz CT molecular complexity index is 875. The van der Waals surface area contributed by atoms with Gasteiger partial charge in [0.2, 0.25) is 0 Å². The molecule has 1 N–H and O–H groups in total. The van der Waals surface area contributed by atoms with Crippen molar-refractivity contribution >= 4 is 18.0 Å². The molecule has 0 rings (SSSR count). The highest BCUT2D eigenvalue weighted by atomic mass is 16.6. The summed E-state index contributed by atoms with van der Waals surface area (Å²) in [5, 5.41) is 2.68. The highest BCUT2D eigenvalue weighted by molar-refractivity contribution is 5.70. The van der Waals surface area contributed by atoms with Crippen LogP contribution in [-0.4, -0.2) is 69.4 Å². The van der Waals surface area contributed by atoms with Gasteiger partial charge in [0.05, 0.1) is 0 Å². The fourth-order valence-corrected chi connectivity index (χ4v) is 5.90. The standard InChI is InChI=1S/C44H82N2O6/c1-5-7-9-11-13-15-17-19-21-23-25-27-29-31-33-35-42(47)50-39-41(40-51-44(49)45-37-38-46(3)4)52-43(48)36-34-32-30-28-26-24-22-20-18-16-14-12-10-8-6-2/h19-22,41H,5-18,23-40H2,1-4H3,(H,45,49)/b21-19+,22-20+. The molecule has 0 aromatic heterocycles. The van der Waals surface area contributed by atoms with Crippen LogP contribution in [0, 0.1) is 0 Å². The normalized spacial score (nSPS) is 12.2. The maximum absolute atomic E-state index is 12.6. The lowest BCUT2D eigenvalue weighted by molar-refractivity contribution is -0.161. The number of rotatable bonds is 38. The van der Waals surface area contributed by atoms with Crippen molar-refractivity contribution in [2.75, 3.05) is 40.4 Å². The Labute approximate surface area is 320 Å². The maximum atomic E-state index is 12.6. The SMILES string of the molecule is CCCCCCCC/C=C/CCCCCCCC(=O)OCC(COC(=O)NCCN(C)C)OC(=O)CCCCCCC/C=C/CCCCCCCC. The minimum Gasteiger partial charge on any atom is -0.462 e. The summed E-state index contributed by atoms with van der Waals surface area (Å²) in [6, 6.07) is 0. The molecule has 0 heterocycles. The molecule has 8 nitrogen and oxygen atoms in total. The second-order valence-corrected chi connectivity index (χ2v) is 14.8. The second kappa shape index (κ2) is 39.8. The van der Waals surface area contributed by atoms with Gasteiger partial charge in [-0.05, 0) is 78.3 Å². The van der Waals surface area contributed by atoms with Crippen LogP contribution < -0.4 is 5.32 Å². The number of alkyl carbamates (subject to hydrolysis) is 1. The summed E-state index contributed by atoms with van der Waals surface area (Å²) in [7, 11) is 3.84. The van der Waals surface area contributed by atoms with Crippen LogP contribution in [0.1, 0.15) is 194 Å². The summed E-state index contributed by atoms with van der Waals surface area (Å²) >= 11 is 0. The van der Waals surface area contributed by atoms with Crippen molar-refractivity contribution in [3.05, 3.63) is 24.3 Å². The Kier molecular flexibility index (Phi) is 38.0. The zero-order chi connectivity index (χ0) is 38.2. The predicted octanol–water partition coefficient (Wildman–Crippen LogP) is 11.8. The van der Waals surface area contributed by atoms with E-state index in [2.05, 4.69) is 43.5 Å². The van der Waals surface area contributed by atoms with Gasteiger partial charge < -0.3 is 24.4 Å². The van der Waals surface area contributed by atoms with Crippen LogP contribution in [-0.2, 0) is 23.8 Å². The monoisotopic (exact) mass is 735 g/mol. The first-order chi connectivity index (χ1) is 25.4. The molecule has 0 bridgehead atoms. The van der Waals surface area contributed by atoms with Crippen LogP contribution in [0.3, 0.4) is 0 Å². The topological polar surface area (TPSA) is 94.2 Å². The van der Waals surface area contributed by atoms with E-state index >= 15 is 0 Å². The van der Waals surface area contributed by atoms with E-state index in [0.717, 1.165) is 57.8 Å². The van der Waals surface area contributed by atoms with Crippen molar-refractivity contribution in [2.24, 2.45) is 0 Å². The molecule has 0 saturated carbocycles. The van der Waals surface area contributed by atoms with Gasteiger partial charge >= 0.3 is 18.0 Å². The van der Waals surface area contributed by atoms with Gasteiger partial charge in [-0.1, -0.05) is 141 Å². The van der Waals surface area contributed by atoms with Crippen LogP contribution >= 0.6 is 0 Å². The van der Waals surface area contributed by atoms with E-state index < -0.39 is 12.2 Å². The van der Waals surface area contributed by atoms with Crippen LogP contribution in [0.5, 0.6) is 0 Å². The molecule has 52 heavy (non-hydrogen) atoms. The zero-order valence-electron chi connectivity index (χ0n) is 34.4. The average Bonchev–Trinajstić information content (AvgIpc) is 3.12. The number of carbonyl (C=O) groups excluding carboxylic acids is 3. The van der Waals surface area contributed by atoms with Crippen molar-refractivity contribution in [3.8, 4) is 0 Å². The minimum absolute atomic E-state index is 0.118. The molecule has 0 aliphatic carbocycles. The lowest BCUT2D eigenvalue weighted by Gasteiger charge is -2.18. The van der Waals surface area contributed by atoms with Gasteiger partial charge in [-0.25, -0.2) is 4.79 Å². The van der Waals surface area contributed by atoms with Gasteiger partial charge in [0.15, 0.2) is 6.10 Å². The van der Waals surface area contributed by atoms with Crippen molar-refractivity contribution in [1.82, 2.24) is 10.2 Å². The number of hydrogen-bond acceptors (Lipinski definition) is 7. The van der Waals surface area contributed by atoms with Gasteiger partial charge in [0.1, 0.15) is 13.2 Å². The van der Waals surface area contributed by atoms with E-state index in [4.69, 9.17) is 14.2 Å². The van der Waals surface area contributed by atoms with Crippen molar-refractivity contribution in [3.63, 3.8) is 0 Å². The van der Waals surface area contributed by atoms with E-state index in [9.17, 15) is 14.4 Å². The Morgan fingerprint density at radius 2 is 0.904 bits per heavy atom. The van der Waals surface area contributed by atoms with Crippen LogP contribution in [0.15, 0.2) is 24.3 Å². The number of unbranched alkanes of at least 4 members (excludes halogenated alkanes) is 22. The number of hydrogen-bond donors (Lipinski definition) is 1. The number of ether oxygens (including phenoxy) is 3. The number of likely N-dealkylation sites (N-methyl/N-ethyl adjacent to an activating group) is 1. The Morgan fingerprint density at radius 1 is 0.519 bits per heavy atom. The Balaban J connectivity index is 4.21. The van der Waals surface area contributed by atoms with Crippen LogP contribution in [0.2, 0.25) is 0 Å². The summed E-state index contributed by atoms with van der Waals surface area (Å²) in [6.07, 6.45) is 39.6. The molecule has 304 valence electrons. The lowest BCUT2D eigenvalue weighted by atomic mass is 10.1. The fourth-order valence-electron chi connectivity index (χ4n) is 5.90. The smallest absolute Gasteiger partial charge is 0.407 e. The maximum Gasteiger partial charge on any atom is 0.407 e. The number of allylic oxidation sites excluding steroid dienone is 4. The van der Waals surface area contributed by atoms with E-state index in [1.807, 2.05) is 19.0 Å². The van der Waals surface area contributed by atoms with E-state index in [1.165, 1.54) is 109 Å². The van der Waals surface area contributed by atoms with Gasteiger partial charge in [-0.15, -0.1) is 0 Å². The first-order valence-corrected chi connectivity index (χ1v) is 21.6.